The lowest BCUT2D eigenvalue weighted by Gasteiger charge is -1.93. The quantitative estimate of drug-likeness (QED) is 0.769. The molecule has 70 valence electrons. The molecule has 0 unspecified atom stereocenters. The van der Waals surface area contributed by atoms with Gasteiger partial charge >= 0.3 is 5.97 Å². The number of aromatic nitrogens is 2. The van der Waals surface area contributed by atoms with E-state index in [0.717, 1.165) is 0 Å². The van der Waals surface area contributed by atoms with Gasteiger partial charge in [-0.25, -0.2) is 14.8 Å². The molecule has 1 rings (SSSR count). The molecule has 5 nitrogen and oxygen atoms in total. The number of nitrogens with zero attached hydrogens (tertiary/aromatic N) is 3. The SMILES string of the molecule is N#CCC=Cc1cnc(C(=O)O)nc1. The molecule has 1 aromatic heterocycles. The van der Waals surface area contributed by atoms with Crippen LogP contribution in [0.1, 0.15) is 22.6 Å². The van der Waals surface area contributed by atoms with Crippen LogP contribution in [0.4, 0.5) is 0 Å². The third-order valence-corrected chi connectivity index (χ3v) is 1.38. The first-order valence-electron chi connectivity index (χ1n) is 3.83. The van der Waals surface area contributed by atoms with Crippen LogP contribution in [0.5, 0.6) is 0 Å². The van der Waals surface area contributed by atoms with Gasteiger partial charge in [0.2, 0.25) is 5.82 Å². The summed E-state index contributed by atoms with van der Waals surface area (Å²) in [5, 5.41) is 16.8. The fourth-order valence-electron chi connectivity index (χ4n) is 0.782. The second-order valence-corrected chi connectivity index (χ2v) is 2.41. The first-order chi connectivity index (χ1) is 6.74. The van der Waals surface area contributed by atoms with Crippen LogP contribution < -0.4 is 0 Å². The van der Waals surface area contributed by atoms with Gasteiger partial charge in [-0.2, -0.15) is 5.26 Å². The number of carboxylic acids is 1. The summed E-state index contributed by atoms with van der Waals surface area (Å²) in [4.78, 5) is 17.6. The predicted molar refractivity (Wildman–Crippen MR) is 48.3 cm³/mol. The minimum atomic E-state index is -1.16. The highest BCUT2D eigenvalue weighted by atomic mass is 16.4. The van der Waals surface area contributed by atoms with Gasteiger partial charge in [0.1, 0.15) is 0 Å². The minimum absolute atomic E-state index is 0.234. The number of nitriles is 1. The van der Waals surface area contributed by atoms with Crippen LogP contribution in [0.15, 0.2) is 18.5 Å². The van der Waals surface area contributed by atoms with Crippen LogP contribution in [0, 0.1) is 11.3 Å². The topological polar surface area (TPSA) is 86.9 Å². The third-order valence-electron chi connectivity index (χ3n) is 1.38. The fraction of sp³-hybridized carbons (Fsp3) is 0.111. The summed E-state index contributed by atoms with van der Waals surface area (Å²) >= 11 is 0. The highest BCUT2D eigenvalue weighted by Crippen LogP contribution is 1.99. The maximum absolute atomic E-state index is 10.4. The molecule has 14 heavy (non-hydrogen) atoms. The zero-order valence-corrected chi connectivity index (χ0v) is 7.21. The molecule has 1 N–H and O–H groups in total. The molecule has 0 aromatic carbocycles. The molecule has 0 aliphatic carbocycles. The smallest absolute Gasteiger partial charge is 0.373 e. The van der Waals surface area contributed by atoms with Gasteiger partial charge in [-0.15, -0.1) is 0 Å². The average Bonchev–Trinajstić information content (AvgIpc) is 2.19. The standard InChI is InChI=1S/C9H7N3O2/c10-4-2-1-3-7-5-11-8(9(13)14)12-6-7/h1,3,5-6H,2H2,(H,13,14). The molecule has 0 spiro atoms. The van der Waals surface area contributed by atoms with Gasteiger partial charge in [0.15, 0.2) is 0 Å². The normalized spacial score (nSPS) is 9.93. The zero-order valence-electron chi connectivity index (χ0n) is 7.21. The Morgan fingerprint density at radius 3 is 2.71 bits per heavy atom. The highest BCUT2D eigenvalue weighted by Gasteiger charge is 2.03. The van der Waals surface area contributed by atoms with Crippen molar-refractivity contribution in [2.24, 2.45) is 0 Å². The van der Waals surface area contributed by atoms with Crippen molar-refractivity contribution in [1.29, 1.82) is 5.26 Å². The first kappa shape index (κ1) is 9.86. The monoisotopic (exact) mass is 189 g/mol. The number of hydrogen-bond acceptors (Lipinski definition) is 4. The molecular formula is C9H7N3O2. The van der Waals surface area contributed by atoms with E-state index in [-0.39, 0.29) is 5.82 Å². The van der Waals surface area contributed by atoms with Crippen LogP contribution in [0.25, 0.3) is 6.08 Å². The Hall–Kier alpha value is -2.22. The van der Waals surface area contributed by atoms with E-state index in [2.05, 4.69) is 9.97 Å². The number of carbonyl (C=O) groups is 1. The largest absolute Gasteiger partial charge is 0.475 e. The van der Waals surface area contributed by atoms with Crippen molar-refractivity contribution >= 4 is 12.0 Å². The van der Waals surface area contributed by atoms with Crippen LogP contribution in [0.3, 0.4) is 0 Å². The number of allylic oxidation sites excluding steroid dienone is 1. The van der Waals surface area contributed by atoms with Gasteiger partial charge in [0.25, 0.3) is 0 Å². The van der Waals surface area contributed by atoms with E-state index in [1.54, 1.807) is 12.2 Å². The molecule has 0 bridgehead atoms. The van der Waals surface area contributed by atoms with Gasteiger partial charge < -0.3 is 5.11 Å². The van der Waals surface area contributed by atoms with Gasteiger partial charge in [-0.05, 0) is 0 Å². The van der Waals surface area contributed by atoms with Crippen molar-refractivity contribution in [2.45, 2.75) is 6.42 Å². The lowest BCUT2D eigenvalue weighted by molar-refractivity contribution is 0.0683. The molecule has 0 saturated carbocycles. The van der Waals surface area contributed by atoms with Crippen molar-refractivity contribution < 1.29 is 9.90 Å². The predicted octanol–water partition coefficient (Wildman–Crippen LogP) is 1.10. The molecule has 0 radical (unpaired) electrons. The van der Waals surface area contributed by atoms with E-state index in [1.807, 2.05) is 6.07 Å². The van der Waals surface area contributed by atoms with Gasteiger partial charge in [-0.3, -0.25) is 0 Å². The van der Waals surface area contributed by atoms with E-state index >= 15 is 0 Å². The fourth-order valence-corrected chi connectivity index (χ4v) is 0.782. The first-order valence-corrected chi connectivity index (χ1v) is 3.83. The Morgan fingerprint density at radius 1 is 1.57 bits per heavy atom. The molecule has 0 amide bonds. The lowest BCUT2D eigenvalue weighted by Crippen LogP contribution is -2.02. The summed E-state index contributed by atoms with van der Waals surface area (Å²) in [6.07, 6.45) is 6.41. The number of carboxylic acid groups (broad SMARTS) is 1. The second-order valence-electron chi connectivity index (χ2n) is 2.41. The Kier molecular flexibility index (Phi) is 3.33. The van der Waals surface area contributed by atoms with E-state index in [1.165, 1.54) is 12.4 Å². The van der Waals surface area contributed by atoms with E-state index in [0.29, 0.717) is 12.0 Å². The molecule has 1 heterocycles. The van der Waals surface area contributed by atoms with Crippen molar-refractivity contribution in [3.8, 4) is 6.07 Å². The Bertz CT molecular complexity index is 390. The zero-order chi connectivity index (χ0) is 10.4. The Labute approximate surface area is 80.4 Å². The van der Waals surface area contributed by atoms with Gasteiger partial charge in [0.05, 0.1) is 12.5 Å². The van der Waals surface area contributed by atoms with Crippen LogP contribution in [0.2, 0.25) is 0 Å². The summed E-state index contributed by atoms with van der Waals surface area (Å²) in [6, 6.07) is 1.95. The second kappa shape index (κ2) is 4.72. The molecular weight excluding hydrogens is 182 g/mol. The molecule has 0 fully saturated rings. The number of aromatic carboxylic acids is 1. The summed E-state index contributed by atoms with van der Waals surface area (Å²) in [5.74, 6) is -1.39. The number of rotatable bonds is 3. The molecule has 0 atom stereocenters. The molecule has 0 aliphatic rings. The minimum Gasteiger partial charge on any atom is -0.475 e. The van der Waals surface area contributed by atoms with E-state index < -0.39 is 5.97 Å². The molecule has 5 heteroatoms. The summed E-state index contributed by atoms with van der Waals surface area (Å²) in [6.45, 7) is 0. The molecule has 1 aromatic rings. The van der Waals surface area contributed by atoms with Crippen LogP contribution in [-0.4, -0.2) is 21.0 Å². The van der Waals surface area contributed by atoms with Crippen LogP contribution in [-0.2, 0) is 0 Å². The van der Waals surface area contributed by atoms with Crippen molar-refractivity contribution in [1.82, 2.24) is 9.97 Å². The summed E-state index contributed by atoms with van der Waals surface area (Å²) < 4.78 is 0. The van der Waals surface area contributed by atoms with Crippen LogP contribution >= 0.6 is 0 Å². The highest BCUT2D eigenvalue weighted by molar-refractivity contribution is 5.82. The van der Waals surface area contributed by atoms with Gasteiger partial charge in [0, 0.05) is 18.0 Å². The molecule has 0 saturated heterocycles. The van der Waals surface area contributed by atoms with Crippen molar-refractivity contribution in [3.05, 3.63) is 29.9 Å². The Morgan fingerprint density at radius 2 is 2.21 bits per heavy atom. The van der Waals surface area contributed by atoms with E-state index in [4.69, 9.17) is 10.4 Å². The maximum Gasteiger partial charge on any atom is 0.373 e. The summed E-state index contributed by atoms with van der Waals surface area (Å²) in [5.41, 5.74) is 0.672. The van der Waals surface area contributed by atoms with Crippen molar-refractivity contribution in [2.75, 3.05) is 0 Å². The average molecular weight is 189 g/mol. The third kappa shape index (κ3) is 2.68. The maximum atomic E-state index is 10.4. The van der Waals surface area contributed by atoms with Gasteiger partial charge in [-0.1, -0.05) is 12.2 Å². The summed E-state index contributed by atoms with van der Waals surface area (Å²) in [7, 11) is 0. The Balaban J connectivity index is 2.74. The van der Waals surface area contributed by atoms with E-state index in [9.17, 15) is 4.79 Å². The molecule has 0 aliphatic heterocycles. The lowest BCUT2D eigenvalue weighted by atomic mass is 10.3. The number of hydrogen-bond donors (Lipinski definition) is 1. The van der Waals surface area contributed by atoms with Crippen molar-refractivity contribution in [3.63, 3.8) is 0 Å².